The number of carbonyl (C=O) groups is 1. The minimum Gasteiger partial charge on any atom is -0.475 e. The molecule has 2 N–H and O–H groups in total. The molecule has 1 aliphatic rings. The molecule has 18 heavy (non-hydrogen) atoms. The molecule has 5 nitrogen and oxygen atoms in total. The van der Waals surface area contributed by atoms with Crippen LogP contribution in [-0.4, -0.2) is 30.2 Å². The number of nitrogens with two attached hydrogens (primary N) is 1. The molecule has 0 atom stereocenters. The summed E-state index contributed by atoms with van der Waals surface area (Å²) < 4.78 is 10.7. The van der Waals surface area contributed by atoms with E-state index in [1.54, 1.807) is 0 Å². The number of carbonyl (C=O) groups excluding carboxylic acids is 1. The van der Waals surface area contributed by atoms with Crippen LogP contribution in [0.1, 0.15) is 23.2 Å². The lowest BCUT2D eigenvalue weighted by Gasteiger charge is -2.09. The number of hydrogen-bond acceptors (Lipinski definition) is 4. The van der Waals surface area contributed by atoms with Crippen LogP contribution >= 0.6 is 23.2 Å². The minimum absolute atomic E-state index is 0.0692. The van der Waals surface area contributed by atoms with E-state index in [2.05, 4.69) is 4.98 Å². The van der Waals surface area contributed by atoms with E-state index in [1.807, 2.05) is 0 Å². The third-order valence-corrected chi connectivity index (χ3v) is 3.04. The van der Waals surface area contributed by atoms with Crippen LogP contribution in [0.3, 0.4) is 0 Å². The van der Waals surface area contributed by atoms with Gasteiger partial charge in [0.2, 0.25) is 5.88 Å². The first-order chi connectivity index (χ1) is 8.58. The quantitative estimate of drug-likeness (QED) is 0.643. The van der Waals surface area contributed by atoms with Gasteiger partial charge >= 0.3 is 0 Å². The molecule has 0 spiro atoms. The van der Waals surface area contributed by atoms with E-state index in [0.717, 1.165) is 12.8 Å². The van der Waals surface area contributed by atoms with E-state index in [0.29, 0.717) is 12.7 Å². The van der Waals surface area contributed by atoms with Gasteiger partial charge in [-0.2, -0.15) is 4.98 Å². The first-order valence-corrected chi connectivity index (χ1v) is 6.23. The molecule has 0 aliphatic heterocycles. The lowest BCUT2D eigenvalue weighted by Crippen LogP contribution is -2.16. The maximum Gasteiger partial charge on any atom is 0.254 e. The molecule has 0 radical (unpaired) electrons. The number of ether oxygens (including phenoxy) is 2. The van der Waals surface area contributed by atoms with Crippen LogP contribution in [0.5, 0.6) is 5.88 Å². The summed E-state index contributed by atoms with van der Waals surface area (Å²) in [5.74, 6) is -0.588. The van der Waals surface area contributed by atoms with Crippen molar-refractivity contribution in [3.63, 3.8) is 0 Å². The molecule has 1 heterocycles. The van der Waals surface area contributed by atoms with E-state index in [-0.39, 0.29) is 28.2 Å². The van der Waals surface area contributed by atoms with Crippen molar-refractivity contribution in [3.05, 3.63) is 21.8 Å². The second kappa shape index (κ2) is 5.73. The van der Waals surface area contributed by atoms with Crippen LogP contribution in [0, 0.1) is 0 Å². The van der Waals surface area contributed by atoms with Crippen molar-refractivity contribution < 1.29 is 14.3 Å². The van der Waals surface area contributed by atoms with Crippen molar-refractivity contribution in [2.75, 3.05) is 13.2 Å². The second-order valence-corrected chi connectivity index (χ2v) is 4.66. The summed E-state index contributed by atoms with van der Waals surface area (Å²) in [6, 6.07) is 1.34. The standard InChI is InChI=1S/C11H12Cl2N2O3/c12-8-5-7(10(14)16)11(15-9(8)13)18-4-3-17-6-1-2-6/h5-6H,1-4H2,(H2,14,16). The maximum atomic E-state index is 11.2. The van der Waals surface area contributed by atoms with Gasteiger partial charge in [0.1, 0.15) is 12.2 Å². The molecule has 2 rings (SSSR count). The Balaban J connectivity index is 1.99. The van der Waals surface area contributed by atoms with Gasteiger partial charge in [0.25, 0.3) is 5.91 Å². The Morgan fingerprint density at radius 1 is 1.44 bits per heavy atom. The number of pyridine rings is 1. The Hall–Kier alpha value is -1.04. The Kier molecular flexibility index (Phi) is 4.27. The number of aromatic nitrogens is 1. The fraction of sp³-hybridized carbons (Fsp3) is 0.455. The normalized spacial score (nSPS) is 14.6. The summed E-state index contributed by atoms with van der Waals surface area (Å²) in [5.41, 5.74) is 5.31. The summed E-state index contributed by atoms with van der Waals surface area (Å²) in [4.78, 5) is 15.1. The zero-order chi connectivity index (χ0) is 13.1. The highest BCUT2D eigenvalue weighted by Gasteiger charge is 2.22. The largest absolute Gasteiger partial charge is 0.475 e. The van der Waals surface area contributed by atoms with Gasteiger partial charge in [-0.3, -0.25) is 4.79 Å². The van der Waals surface area contributed by atoms with E-state index < -0.39 is 5.91 Å². The first kappa shape index (κ1) is 13.4. The zero-order valence-corrected chi connectivity index (χ0v) is 11.0. The SMILES string of the molecule is NC(=O)c1cc(Cl)c(Cl)nc1OCCOC1CC1. The molecular formula is C11H12Cl2N2O3. The highest BCUT2D eigenvalue weighted by atomic mass is 35.5. The van der Waals surface area contributed by atoms with Crippen molar-refractivity contribution in [2.24, 2.45) is 5.73 Å². The number of primary amides is 1. The van der Waals surface area contributed by atoms with Crippen molar-refractivity contribution in [1.29, 1.82) is 0 Å². The van der Waals surface area contributed by atoms with Gasteiger partial charge in [-0.25, -0.2) is 0 Å². The van der Waals surface area contributed by atoms with Crippen molar-refractivity contribution in [2.45, 2.75) is 18.9 Å². The predicted molar refractivity (Wildman–Crippen MR) is 67.2 cm³/mol. The maximum absolute atomic E-state index is 11.2. The van der Waals surface area contributed by atoms with Gasteiger partial charge in [-0.15, -0.1) is 0 Å². The van der Waals surface area contributed by atoms with Crippen LogP contribution in [0.25, 0.3) is 0 Å². The third-order valence-electron chi connectivity index (χ3n) is 2.36. The summed E-state index contributed by atoms with van der Waals surface area (Å²) >= 11 is 11.5. The molecule has 1 amide bonds. The smallest absolute Gasteiger partial charge is 0.254 e. The first-order valence-electron chi connectivity index (χ1n) is 5.48. The van der Waals surface area contributed by atoms with Crippen LogP contribution in [0.15, 0.2) is 6.07 Å². The number of hydrogen-bond donors (Lipinski definition) is 1. The van der Waals surface area contributed by atoms with E-state index in [4.69, 9.17) is 38.4 Å². The Bertz CT molecular complexity index is 464. The predicted octanol–water partition coefficient (Wildman–Crippen LogP) is 2.05. The fourth-order valence-electron chi connectivity index (χ4n) is 1.33. The molecule has 0 aromatic carbocycles. The number of halogens is 2. The van der Waals surface area contributed by atoms with Crippen molar-refractivity contribution >= 4 is 29.1 Å². The van der Waals surface area contributed by atoms with E-state index in [9.17, 15) is 4.79 Å². The average Bonchev–Trinajstić information content (AvgIpc) is 3.12. The van der Waals surface area contributed by atoms with Crippen LogP contribution in [-0.2, 0) is 4.74 Å². The van der Waals surface area contributed by atoms with Crippen molar-refractivity contribution in [3.8, 4) is 5.88 Å². The molecule has 7 heteroatoms. The van der Waals surface area contributed by atoms with Crippen molar-refractivity contribution in [1.82, 2.24) is 4.98 Å². The molecule has 98 valence electrons. The number of rotatable bonds is 6. The summed E-state index contributed by atoms with van der Waals surface area (Å²) in [5, 5.41) is 0.229. The lowest BCUT2D eigenvalue weighted by atomic mass is 10.2. The average molecular weight is 291 g/mol. The monoisotopic (exact) mass is 290 g/mol. The van der Waals surface area contributed by atoms with Gasteiger partial charge in [0.05, 0.1) is 17.7 Å². The summed E-state index contributed by atoms with van der Waals surface area (Å²) in [6.45, 7) is 0.715. The Labute approximate surface area is 114 Å². The highest BCUT2D eigenvalue weighted by molar-refractivity contribution is 6.41. The second-order valence-electron chi connectivity index (χ2n) is 3.90. The van der Waals surface area contributed by atoms with Crippen LogP contribution in [0.2, 0.25) is 10.2 Å². The Morgan fingerprint density at radius 2 is 2.17 bits per heavy atom. The topological polar surface area (TPSA) is 74.4 Å². The fourth-order valence-corrected chi connectivity index (χ4v) is 1.61. The van der Waals surface area contributed by atoms with Gasteiger partial charge in [-0.1, -0.05) is 23.2 Å². The number of nitrogens with zero attached hydrogens (tertiary/aromatic N) is 1. The molecule has 0 unspecified atom stereocenters. The van der Waals surface area contributed by atoms with Crippen LogP contribution in [0.4, 0.5) is 0 Å². The number of amides is 1. The third kappa shape index (κ3) is 3.48. The molecule has 0 bridgehead atoms. The molecule has 1 saturated carbocycles. The van der Waals surface area contributed by atoms with Crippen LogP contribution < -0.4 is 10.5 Å². The highest BCUT2D eigenvalue weighted by Crippen LogP contribution is 2.27. The molecular weight excluding hydrogens is 279 g/mol. The van der Waals surface area contributed by atoms with E-state index in [1.165, 1.54) is 6.07 Å². The van der Waals surface area contributed by atoms with Gasteiger partial charge in [0.15, 0.2) is 5.15 Å². The van der Waals surface area contributed by atoms with E-state index >= 15 is 0 Å². The zero-order valence-electron chi connectivity index (χ0n) is 9.49. The summed E-state index contributed by atoms with van der Waals surface area (Å²) in [7, 11) is 0. The summed E-state index contributed by atoms with van der Waals surface area (Å²) in [6.07, 6.45) is 2.54. The molecule has 1 aromatic rings. The van der Waals surface area contributed by atoms with Gasteiger partial charge in [0, 0.05) is 0 Å². The molecule has 1 aliphatic carbocycles. The Morgan fingerprint density at radius 3 is 2.78 bits per heavy atom. The van der Waals surface area contributed by atoms with Gasteiger partial charge < -0.3 is 15.2 Å². The van der Waals surface area contributed by atoms with Gasteiger partial charge in [-0.05, 0) is 18.9 Å². The molecule has 0 saturated heterocycles. The molecule has 1 aromatic heterocycles. The molecule has 1 fully saturated rings. The minimum atomic E-state index is -0.667. The lowest BCUT2D eigenvalue weighted by molar-refractivity contribution is 0.0851.